The number of sulfonamides is 1. The maximum Gasteiger partial charge on any atom is 0.430 e. The van der Waals surface area contributed by atoms with E-state index >= 15 is 0 Å². The first-order valence-electron chi connectivity index (χ1n) is 10.0. The van der Waals surface area contributed by atoms with Crippen LogP contribution in [-0.2, 0) is 15.6 Å². The smallest absolute Gasteiger partial charge is 0.384 e. The molecule has 0 atom stereocenters. The van der Waals surface area contributed by atoms with E-state index in [0.29, 0.717) is 12.1 Å². The summed E-state index contributed by atoms with van der Waals surface area (Å²) in [6, 6.07) is 5.76. The minimum Gasteiger partial charge on any atom is -0.384 e. The zero-order valence-electron chi connectivity index (χ0n) is 18.2. The Morgan fingerprint density at radius 3 is 1.97 bits per heavy atom. The first-order chi connectivity index (χ1) is 16.1. The van der Waals surface area contributed by atoms with E-state index in [2.05, 4.69) is 16.8 Å². The van der Waals surface area contributed by atoms with Crippen LogP contribution in [0.25, 0.3) is 0 Å². The van der Waals surface area contributed by atoms with E-state index < -0.39 is 33.5 Å². The number of benzene rings is 1. The summed E-state index contributed by atoms with van der Waals surface area (Å²) in [4.78, 5) is 5.43. The molecule has 1 aromatic heterocycles. The highest BCUT2D eigenvalue weighted by Crippen LogP contribution is 2.50. The lowest BCUT2D eigenvalue weighted by molar-refractivity contribution is -0.376. The maximum absolute atomic E-state index is 13.1. The Balaban J connectivity index is 1.79. The normalized spacial score (nSPS) is 16.1. The molecule has 1 fully saturated rings. The number of alkyl halides is 6. The molecule has 7 nitrogen and oxygen atoms in total. The number of hydrogen-bond donors (Lipinski definition) is 2. The van der Waals surface area contributed by atoms with Crippen molar-refractivity contribution in [3.8, 4) is 11.8 Å². The highest BCUT2D eigenvalue weighted by molar-refractivity contribution is 7.89. The van der Waals surface area contributed by atoms with Crippen LogP contribution in [0, 0.1) is 11.8 Å². The predicted octanol–water partition coefficient (Wildman–Crippen LogP) is 2.86. The summed E-state index contributed by atoms with van der Waals surface area (Å²) in [5.41, 5.74) is -0.515. The van der Waals surface area contributed by atoms with Gasteiger partial charge in [-0.3, -0.25) is 0 Å². The van der Waals surface area contributed by atoms with Crippen molar-refractivity contribution in [2.24, 2.45) is 0 Å². The Bertz CT molecular complexity index is 1230. The zero-order chi connectivity index (χ0) is 26.2. The number of nitrogen functional groups attached to an aromatic ring is 1. The van der Waals surface area contributed by atoms with Gasteiger partial charge in [0.1, 0.15) is 16.4 Å². The van der Waals surface area contributed by atoms with E-state index in [9.17, 15) is 39.9 Å². The van der Waals surface area contributed by atoms with E-state index in [1.165, 1.54) is 23.4 Å². The molecule has 2 heterocycles. The highest BCUT2D eigenvalue weighted by Gasteiger charge is 2.71. The van der Waals surface area contributed by atoms with Gasteiger partial charge in [-0.2, -0.15) is 30.6 Å². The summed E-state index contributed by atoms with van der Waals surface area (Å²) >= 11 is 0. The van der Waals surface area contributed by atoms with Gasteiger partial charge in [0.25, 0.3) is 5.60 Å². The second kappa shape index (κ2) is 9.21. The molecule has 0 unspecified atom stereocenters. The largest absolute Gasteiger partial charge is 0.430 e. The number of anilines is 2. The van der Waals surface area contributed by atoms with Crippen molar-refractivity contribution in [3.05, 3.63) is 47.7 Å². The van der Waals surface area contributed by atoms with Crippen molar-refractivity contribution in [1.82, 2.24) is 9.29 Å². The van der Waals surface area contributed by atoms with Crippen LogP contribution in [0.2, 0.25) is 0 Å². The number of aliphatic hydroxyl groups is 1. The Kier molecular flexibility index (Phi) is 7.00. The monoisotopic (exact) mass is 522 g/mol. The minimum atomic E-state index is -5.98. The Morgan fingerprint density at radius 1 is 0.943 bits per heavy atom. The number of halogens is 6. The Morgan fingerprint density at radius 2 is 1.49 bits per heavy atom. The first-order valence-corrected chi connectivity index (χ1v) is 11.5. The minimum absolute atomic E-state index is 0.00710. The van der Waals surface area contributed by atoms with E-state index in [-0.39, 0.29) is 48.3 Å². The molecule has 1 aliphatic rings. The van der Waals surface area contributed by atoms with Gasteiger partial charge in [0.2, 0.25) is 10.0 Å². The van der Waals surface area contributed by atoms with Gasteiger partial charge in [0.15, 0.2) is 0 Å². The highest BCUT2D eigenvalue weighted by atomic mass is 32.2. The predicted molar refractivity (Wildman–Crippen MR) is 115 cm³/mol. The van der Waals surface area contributed by atoms with Gasteiger partial charge in [0, 0.05) is 37.4 Å². The molecule has 0 radical (unpaired) electrons. The molecule has 35 heavy (non-hydrogen) atoms. The summed E-state index contributed by atoms with van der Waals surface area (Å²) in [6.45, 7) is 1.71. The Hall–Kier alpha value is -3.02. The molecule has 0 saturated carbocycles. The van der Waals surface area contributed by atoms with Crippen LogP contribution < -0.4 is 10.6 Å². The molecule has 1 saturated heterocycles. The summed E-state index contributed by atoms with van der Waals surface area (Å²) < 4.78 is 106. The van der Waals surface area contributed by atoms with Crippen molar-refractivity contribution in [3.63, 3.8) is 0 Å². The fourth-order valence-electron chi connectivity index (χ4n) is 3.60. The molecule has 0 spiro atoms. The van der Waals surface area contributed by atoms with Gasteiger partial charge in [0.05, 0.1) is 0 Å². The quantitative estimate of drug-likeness (QED) is 0.474. The zero-order valence-corrected chi connectivity index (χ0v) is 19.0. The second-order valence-corrected chi connectivity index (χ2v) is 9.51. The number of aromatic nitrogens is 1. The van der Waals surface area contributed by atoms with E-state index in [1.807, 2.05) is 0 Å². The maximum atomic E-state index is 13.1. The van der Waals surface area contributed by atoms with Crippen molar-refractivity contribution in [2.75, 3.05) is 36.8 Å². The van der Waals surface area contributed by atoms with Gasteiger partial charge in [-0.15, -0.1) is 0 Å². The van der Waals surface area contributed by atoms with Crippen LogP contribution >= 0.6 is 0 Å². The average molecular weight is 522 g/mol. The molecular formula is C21H20F6N4O3S. The van der Waals surface area contributed by atoms with Crippen LogP contribution in [0.4, 0.5) is 37.8 Å². The second-order valence-electron chi connectivity index (χ2n) is 7.60. The first kappa shape index (κ1) is 26.6. The summed E-state index contributed by atoms with van der Waals surface area (Å²) in [6.07, 6.45) is -12.0. The number of nitrogens with zero attached hydrogens (tertiary/aromatic N) is 3. The molecule has 3 N–H and O–H groups in total. The molecule has 14 heteroatoms. The number of hydrogen-bond acceptors (Lipinski definition) is 6. The van der Waals surface area contributed by atoms with Gasteiger partial charge >= 0.3 is 12.4 Å². The Labute approximate surface area is 197 Å². The summed E-state index contributed by atoms with van der Waals surface area (Å²) in [7, 11) is -3.99. The van der Waals surface area contributed by atoms with Crippen molar-refractivity contribution < 1.29 is 39.9 Å². The van der Waals surface area contributed by atoms with E-state index in [4.69, 9.17) is 5.73 Å². The standard InChI is InChI=1S/C21H20F6N4O3S/c1-2-3-16-17(8-9-18(28)29-16)35(33,34)31-12-10-30(11-13-31)15-6-4-14(5-7-15)19(32,20(22,23)24)21(25,26)27/h4-9,32H,10-13H2,1H3,(H2,28,29). The molecular weight excluding hydrogens is 502 g/mol. The molecule has 1 aliphatic heterocycles. The van der Waals surface area contributed by atoms with Gasteiger partial charge in [-0.05, 0) is 37.1 Å². The van der Waals surface area contributed by atoms with Crippen LogP contribution in [0.15, 0.2) is 41.3 Å². The van der Waals surface area contributed by atoms with Crippen LogP contribution in [0.3, 0.4) is 0 Å². The van der Waals surface area contributed by atoms with Crippen LogP contribution in [0.1, 0.15) is 18.2 Å². The molecule has 190 valence electrons. The number of nitrogens with two attached hydrogens (primary N) is 1. The molecule has 0 amide bonds. The summed E-state index contributed by atoms with van der Waals surface area (Å²) in [5.74, 6) is 5.26. The fraction of sp³-hybridized carbons (Fsp3) is 0.381. The fourth-order valence-corrected chi connectivity index (χ4v) is 5.11. The van der Waals surface area contributed by atoms with Crippen LogP contribution in [0.5, 0.6) is 0 Å². The van der Waals surface area contributed by atoms with Crippen molar-refractivity contribution >= 4 is 21.5 Å². The third kappa shape index (κ3) is 4.89. The molecule has 1 aromatic carbocycles. The average Bonchev–Trinajstić information content (AvgIpc) is 2.77. The lowest BCUT2D eigenvalue weighted by Gasteiger charge is -2.36. The van der Waals surface area contributed by atoms with Gasteiger partial charge < -0.3 is 15.7 Å². The summed E-state index contributed by atoms with van der Waals surface area (Å²) in [5, 5.41) is 9.51. The third-order valence-electron chi connectivity index (χ3n) is 5.45. The molecule has 2 aromatic rings. The van der Waals surface area contributed by atoms with Crippen molar-refractivity contribution in [1.29, 1.82) is 0 Å². The number of pyridine rings is 1. The third-order valence-corrected chi connectivity index (χ3v) is 7.38. The topological polar surface area (TPSA) is 99.8 Å². The van der Waals surface area contributed by atoms with Crippen molar-refractivity contribution in [2.45, 2.75) is 29.8 Å². The number of rotatable bonds is 4. The van der Waals surface area contributed by atoms with Crippen LogP contribution in [-0.4, -0.2) is 61.3 Å². The molecule has 0 bridgehead atoms. The van der Waals surface area contributed by atoms with Gasteiger partial charge in [-0.25, -0.2) is 13.4 Å². The van der Waals surface area contributed by atoms with E-state index in [0.717, 1.165) is 12.1 Å². The van der Waals surface area contributed by atoms with E-state index in [1.54, 1.807) is 4.90 Å². The lowest BCUT2D eigenvalue weighted by atomic mass is 9.92. The lowest BCUT2D eigenvalue weighted by Crippen LogP contribution is -2.54. The molecule has 3 rings (SSSR count). The number of piperazine rings is 1. The SMILES string of the molecule is CC#Cc1nc(N)ccc1S(=O)(=O)N1CCN(c2ccc(C(O)(C(F)(F)F)C(F)(F)F)cc2)CC1. The molecule has 0 aliphatic carbocycles. The van der Waals surface area contributed by atoms with Gasteiger partial charge in [-0.1, -0.05) is 18.1 Å².